The summed E-state index contributed by atoms with van der Waals surface area (Å²) in [5, 5.41) is 38.0. The molecule has 0 aromatic rings. The van der Waals surface area contributed by atoms with Gasteiger partial charge in [0.2, 0.25) is 0 Å². The van der Waals surface area contributed by atoms with E-state index in [2.05, 4.69) is 0 Å². The van der Waals surface area contributed by atoms with Gasteiger partial charge < -0.3 is 40.4 Å². The molecule has 108 valence electrons. The fourth-order valence-electron chi connectivity index (χ4n) is 1.64. The van der Waals surface area contributed by atoms with Gasteiger partial charge in [-0.15, -0.1) is 0 Å². The molecule has 8 nitrogen and oxygen atoms in total. The highest BCUT2D eigenvalue weighted by Crippen LogP contribution is 2.21. The van der Waals surface area contributed by atoms with Gasteiger partial charge in [0.25, 0.3) is 0 Å². The first kappa shape index (κ1) is 15.7. The molecule has 0 aromatic carbocycles. The van der Waals surface area contributed by atoms with Crippen LogP contribution in [0.3, 0.4) is 0 Å². The molecule has 0 radical (unpaired) electrons. The predicted octanol–water partition coefficient (Wildman–Crippen LogP) is -3.22. The number of ether oxygens (including phenoxy) is 3. The van der Waals surface area contributed by atoms with Crippen LogP contribution in [0.25, 0.3) is 0 Å². The average molecular weight is 267 g/mol. The zero-order valence-corrected chi connectivity index (χ0v) is 10.2. The number of aliphatic hydroxyl groups excluding tert-OH is 4. The maximum Gasteiger partial charge on any atom is 0.186 e. The van der Waals surface area contributed by atoms with Gasteiger partial charge >= 0.3 is 0 Å². The number of methoxy groups -OCH3 is 1. The predicted molar refractivity (Wildman–Crippen MR) is 59.6 cm³/mol. The number of nitrogens with two attached hydrogens (primary N) is 1. The van der Waals surface area contributed by atoms with Gasteiger partial charge in [-0.3, -0.25) is 0 Å². The standard InChI is InChI=1S/C10H21NO7/c1-16-10-9(15)8(14)7(13)6(18-10)4-17-3-5(12)2-11/h5-10,12-15H,2-4,11H2,1H3/t5?,6?,7?,8-,9?,10?/m0/s1. The van der Waals surface area contributed by atoms with E-state index in [0.29, 0.717) is 0 Å². The first-order chi connectivity index (χ1) is 8.51. The Labute approximate surface area is 105 Å². The molecule has 0 aliphatic carbocycles. The second-order valence-corrected chi connectivity index (χ2v) is 4.18. The van der Waals surface area contributed by atoms with Crippen molar-refractivity contribution in [2.45, 2.75) is 36.8 Å². The Bertz CT molecular complexity index is 240. The third-order valence-electron chi connectivity index (χ3n) is 2.77. The fourth-order valence-corrected chi connectivity index (χ4v) is 1.64. The van der Waals surface area contributed by atoms with Crippen molar-refractivity contribution in [1.29, 1.82) is 0 Å². The molecule has 1 aliphatic rings. The normalized spacial score (nSPS) is 38.7. The van der Waals surface area contributed by atoms with Crippen LogP contribution in [0.2, 0.25) is 0 Å². The van der Waals surface area contributed by atoms with Crippen LogP contribution in [0.4, 0.5) is 0 Å². The van der Waals surface area contributed by atoms with Crippen LogP contribution in [-0.2, 0) is 14.2 Å². The molecule has 6 atom stereocenters. The molecule has 1 fully saturated rings. The lowest BCUT2D eigenvalue weighted by atomic mass is 9.99. The summed E-state index contributed by atoms with van der Waals surface area (Å²) in [6.45, 7) is 0.0113. The fraction of sp³-hybridized carbons (Fsp3) is 1.00. The molecule has 6 N–H and O–H groups in total. The Morgan fingerprint density at radius 1 is 1.22 bits per heavy atom. The van der Waals surface area contributed by atoms with E-state index in [4.69, 9.17) is 19.9 Å². The van der Waals surface area contributed by atoms with Crippen LogP contribution < -0.4 is 5.73 Å². The molecular weight excluding hydrogens is 246 g/mol. The van der Waals surface area contributed by atoms with E-state index in [1.807, 2.05) is 0 Å². The van der Waals surface area contributed by atoms with Gasteiger partial charge in [0.1, 0.15) is 24.4 Å². The van der Waals surface area contributed by atoms with Gasteiger partial charge in [-0.1, -0.05) is 0 Å². The Balaban J connectivity index is 2.44. The highest BCUT2D eigenvalue weighted by Gasteiger charge is 2.43. The molecule has 0 amide bonds. The minimum atomic E-state index is -1.38. The van der Waals surface area contributed by atoms with E-state index < -0.39 is 36.8 Å². The van der Waals surface area contributed by atoms with E-state index in [9.17, 15) is 20.4 Å². The Morgan fingerprint density at radius 2 is 1.89 bits per heavy atom. The highest BCUT2D eigenvalue weighted by molar-refractivity contribution is 4.89. The monoisotopic (exact) mass is 267 g/mol. The third-order valence-corrected chi connectivity index (χ3v) is 2.77. The van der Waals surface area contributed by atoms with Crippen LogP contribution in [0.5, 0.6) is 0 Å². The van der Waals surface area contributed by atoms with Crippen LogP contribution in [0.15, 0.2) is 0 Å². The molecule has 0 spiro atoms. The first-order valence-corrected chi connectivity index (χ1v) is 5.69. The zero-order valence-electron chi connectivity index (χ0n) is 10.2. The van der Waals surface area contributed by atoms with Gasteiger partial charge in [-0.25, -0.2) is 0 Å². The number of rotatable bonds is 6. The minimum Gasteiger partial charge on any atom is -0.389 e. The maximum absolute atomic E-state index is 9.69. The summed E-state index contributed by atoms with van der Waals surface area (Å²) in [6.07, 6.45) is -6.66. The summed E-state index contributed by atoms with van der Waals surface area (Å²) >= 11 is 0. The summed E-state index contributed by atoms with van der Waals surface area (Å²) in [6, 6.07) is 0. The Hall–Kier alpha value is -0.320. The van der Waals surface area contributed by atoms with Gasteiger partial charge in [0.15, 0.2) is 6.29 Å². The van der Waals surface area contributed by atoms with Crippen molar-refractivity contribution in [3.63, 3.8) is 0 Å². The molecule has 1 aliphatic heterocycles. The molecule has 18 heavy (non-hydrogen) atoms. The van der Waals surface area contributed by atoms with E-state index in [1.54, 1.807) is 0 Å². The lowest BCUT2D eigenvalue weighted by Crippen LogP contribution is -2.59. The zero-order chi connectivity index (χ0) is 13.7. The molecule has 8 heteroatoms. The topological polar surface area (TPSA) is 135 Å². The molecule has 1 heterocycles. The smallest absolute Gasteiger partial charge is 0.186 e. The molecule has 0 saturated carbocycles. The van der Waals surface area contributed by atoms with Crippen LogP contribution >= 0.6 is 0 Å². The van der Waals surface area contributed by atoms with Crippen LogP contribution in [0, 0.1) is 0 Å². The van der Waals surface area contributed by atoms with Crippen LogP contribution in [-0.4, -0.2) is 84.1 Å². The molecule has 1 rings (SSSR count). The summed E-state index contributed by atoms with van der Waals surface area (Å²) in [5.74, 6) is 0. The van der Waals surface area contributed by atoms with Crippen molar-refractivity contribution in [3.8, 4) is 0 Å². The van der Waals surface area contributed by atoms with Crippen LogP contribution in [0.1, 0.15) is 0 Å². The largest absolute Gasteiger partial charge is 0.389 e. The molecule has 0 bridgehead atoms. The van der Waals surface area contributed by atoms with E-state index in [0.717, 1.165) is 0 Å². The number of hydrogen-bond acceptors (Lipinski definition) is 8. The highest BCUT2D eigenvalue weighted by atomic mass is 16.7. The van der Waals surface area contributed by atoms with Gasteiger partial charge in [0, 0.05) is 13.7 Å². The van der Waals surface area contributed by atoms with Crippen molar-refractivity contribution < 1.29 is 34.6 Å². The quantitative estimate of drug-likeness (QED) is 0.339. The van der Waals surface area contributed by atoms with Crippen molar-refractivity contribution >= 4 is 0 Å². The first-order valence-electron chi connectivity index (χ1n) is 5.69. The molecule has 1 saturated heterocycles. The number of hydrogen-bond donors (Lipinski definition) is 5. The average Bonchev–Trinajstić information content (AvgIpc) is 2.38. The molecule has 0 aromatic heterocycles. The summed E-state index contributed by atoms with van der Waals surface area (Å²) in [5.41, 5.74) is 5.20. The van der Waals surface area contributed by atoms with Crippen molar-refractivity contribution in [2.24, 2.45) is 5.73 Å². The van der Waals surface area contributed by atoms with Gasteiger partial charge in [-0.2, -0.15) is 0 Å². The van der Waals surface area contributed by atoms with Crippen molar-refractivity contribution in [2.75, 3.05) is 26.9 Å². The van der Waals surface area contributed by atoms with Gasteiger partial charge in [-0.05, 0) is 0 Å². The van der Waals surface area contributed by atoms with E-state index in [1.165, 1.54) is 7.11 Å². The molecule has 5 unspecified atom stereocenters. The Kier molecular flexibility index (Phi) is 6.39. The summed E-state index contributed by atoms with van der Waals surface area (Å²) < 4.78 is 15.2. The lowest BCUT2D eigenvalue weighted by molar-refractivity contribution is -0.296. The second-order valence-electron chi connectivity index (χ2n) is 4.18. The lowest BCUT2D eigenvalue weighted by Gasteiger charge is -2.39. The number of aliphatic hydroxyl groups is 4. The third kappa shape index (κ3) is 3.84. The van der Waals surface area contributed by atoms with Crippen molar-refractivity contribution in [3.05, 3.63) is 0 Å². The van der Waals surface area contributed by atoms with Crippen molar-refractivity contribution in [1.82, 2.24) is 0 Å². The summed E-state index contributed by atoms with van der Waals surface area (Å²) in [7, 11) is 1.31. The van der Waals surface area contributed by atoms with Gasteiger partial charge in [0.05, 0.1) is 19.3 Å². The summed E-state index contributed by atoms with van der Waals surface area (Å²) in [4.78, 5) is 0. The van der Waals surface area contributed by atoms with E-state index in [-0.39, 0.29) is 19.8 Å². The SMILES string of the molecule is COC1OC(COCC(O)CN)C(O)[C@H](O)C1O. The molecular formula is C10H21NO7. The Morgan fingerprint density at radius 3 is 2.44 bits per heavy atom. The second kappa shape index (κ2) is 7.31. The maximum atomic E-state index is 9.69. The minimum absolute atomic E-state index is 0.000617. The van der Waals surface area contributed by atoms with E-state index >= 15 is 0 Å².